The fourth-order valence-electron chi connectivity index (χ4n) is 5.91. The summed E-state index contributed by atoms with van der Waals surface area (Å²) in [4.78, 5) is 46.9. The minimum Gasteiger partial charge on any atom is -0.476 e. The minimum atomic E-state index is -1.57. The molecule has 0 radical (unpaired) electrons. The molecule has 0 fully saturated rings. The van der Waals surface area contributed by atoms with E-state index in [0.29, 0.717) is 145 Å². The Kier molecular flexibility index (Phi) is 30.6. The number of carbonyl (C=O) groups is 4. The largest absolute Gasteiger partial charge is 0.476 e. The number of carbonyl (C=O) groups excluding carboxylic acids is 3. The smallest absolute Gasteiger partial charge is 0.409 e. The number of ether oxygens (including phenoxy) is 13. The molecule has 2 aromatic carbocycles. The zero-order valence-corrected chi connectivity index (χ0v) is 37.1. The van der Waals surface area contributed by atoms with Crippen molar-refractivity contribution >= 4 is 23.8 Å². The highest BCUT2D eigenvalue weighted by Gasteiger charge is 2.29. The summed E-state index contributed by atoms with van der Waals surface area (Å²) < 4.78 is 70.7. The molecule has 1 N–H and O–H groups in total. The number of aliphatic carboxylic acids is 1. The van der Waals surface area contributed by atoms with Crippen molar-refractivity contribution in [1.82, 2.24) is 4.90 Å². The first-order chi connectivity index (χ1) is 31.4. The lowest BCUT2D eigenvalue weighted by Gasteiger charge is -2.19. The molecule has 64 heavy (non-hydrogen) atoms. The molecule has 19 heteroatoms. The van der Waals surface area contributed by atoms with Gasteiger partial charge in [-0.25, -0.2) is 9.59 Å². The highest BCUT2D eigenvalue weighted by Crippen LogP contribution is 2.44. The number of hydrogen-bond acceptors (Lipinski definition) is 17. The predicted molar refractivity (Wildman–Crippen MR) is 230 cm³/mol. The van der Waals surface area contributed by atoms with Crippen LogP contribution in [-0.2, 0) is 76.0 Å². The SMILES string of the molecule is CN(CCOCCOCCOCCOCCOCCOCCOCCOCCOCCOCCOCCOC(=O)CCC(=O)C(=O)O)C(=O)OCC1c2ccccc2-c2ccccc21. The quantitative estimate of drug-likeness (QED) is 0.0576. The Morgan fingerprint density at radius 3 is 1.14 bits per heavy atom. The number of esters is 1. The minimum absolute atomic E-state index is 0.00646. The lowest BCUT2D eigenvalue weighted by atomic mass is 9.98. The normalized spacial score (nSPS) is 12.0. The molecule has 1 amide bonds. The molecule has 0 spiro atoms. The van der Waals surface area contributed by atoms with Gasteiger partial charge in [-0.2, -0.15) is 0 Å². The highest BCUT2D eigenvalue weighted by molar-refractivity contribution is 6.32. The van der Waals surface area contributed by atoms with Gasteiger partial charge in [0.1, 0.15) is 13.2 Å². The number of carboxylic acids is 1. The van der Waals surface area contributed by atoms with Gasteiger partial charge < -0.3 is 71.6 Å². The van der Waals surface area contributed by atoms with Gasteiger partial charge in [-0.3, -0.25) is 9.59 Å². The average molecular weight is 910 g/mol. The molecule has 0 atom stereocenters. The number of fused-ring (bicyclic) bond motifs is 3. The van der Waals surface area contributed by atoms with Crippen LogP contribution in [0.1, 0.15) is 29.9 Å². The second kappa shape index (κ2) is 36.1. The zero-order valence-electron chi connectivity index (χ0n) is 37.1. The van der Waals surface area contributed by atoms with Gasteiger partial charge in [0.2, 0.25) is 5.78 Å². The average Bonchev–Trinajstić information content (AvgIpc) is 3.62. The molecule has 0 saturated heterocycles. The third-order valence-electron chi connectivity index (χ3n) is 9.22. The van der Waals surface area contributed by atoms with Crippen LogP contribution in [0.4, 0.5) is 4.79 Å². The molecule has 19 nitrogen and oxygen atoms in total. The summed E-state index contributed by atoms with van der Waals surface area (Å²) in [7, 11) is 1.70. The number of benzene rings is 2. The maximum absolute atomic E-state index is 12.6. The van der Waals surface area contributed by atoms with Crippen LogP contribution in [0.25, 0.3) is 11.1 Å². The van der Waals surface area contributed by atoms with Crippen LogP contribution in [-0.4, -0.2) is 206 Å². The molecule has 1 aliphatic carbocycles. The summed E-state index contributed by atoms with van der Waals surface area (Å²) in [6.45, 7) is 9.87. The lowest BCUT2D eigenvalue weighted by molar-refractivity contribution is -0.151. The molecule has 1 aliphatic rings. The Labute approximate surface area is 375 Å². The van der Waals surface area contributed by atoms with Gasteiger partial charge >= 0.3 is 18.0 Å². The molecular formula is C45H67NO18. The van der Waals surface area contributed by atoms with Gasteiger partial charge in [-0.1, -0.05) is 48.5 Å². The fraction of sp³-hybridized carbons (Fsp3) is 0.644. The number of ketones is 1. The molecule has 0 unspecified atom stereocenters. The van der Waals surface area contributed by atoms with Crippen LogP contribution < -0.4 is 0 Å². The number of carboxylic acid groups (broad SMARTS) is 1. The van der Waals surface area contributed by atoms with Gasteiger partial charge in [-0.05, 0) is 22.3 Å². The Bertz CT molecular complexity index is 1520. The summed E-state index contributed by atoms with van der Waals surface area (Å²) in [6.07, 6.45) is -1.05. The molecule has 0 saturated carbocycles. The first kappa shape index (κ1) is 54.2. The maximum atomic E-state index is 12.6. The highest BCUT2D eigenvalue weighted by atomic mass is 16.6. The van der Waals surface area contributed by atoms with Crippen LogP contribution in [0.2, 0.25) is 0 Å². The van der Waals surface area contributed by atoms with E-state index in [1.165, 1.54) is 27.2 Å². The van der Waals surface area contributed by atoms with Crippen LogP contribution >= 0.6 is 0 Å². The summed E-state index contributed by atoms with van der Waals surface area (Å²) >= 11 is 0. The van der Waals surface area contributed by atoms with Gasteiger partial charge in [0.25, 0.3) is 0 Å². The topological polar surface area (TPSA) is 212 Å². The fourth-order valence-corrected chi connectivity index (χ4v) is 5.91. The van der Waals surface area contributed by atoms with Gasteiger partial charge in [0, 0.05) is 25.9 Å². The Hall–Kier alpha value is -4.12. The first-order valence-electron chi connectivity index (χ1n) is 21.7. The van der Waals surface area contributed by atoms with Crippen LogP contribution in [0.15, 0.2) is 48.5 Å². The lowest BCUT2D eigenvalue weighted by Crippen LogP contribution is -2.32. The molecule has 3 rings (SSSR count). The van der Waals surface area contributed by atoms with Crippen LogP contribution in [0.3, 0.4) is 0 Å². The molecule has 0 aromatic heterocycles. The Balaban J connectivity index is 0.936. The molecule has 0 bridgehead atoms. The van der Waals surface area contributed by atoms with Gasteiger partial charge in [-0.15, -0.1) is 0 Å². The summed E-state index contributed by atoms with van der Waals surface area (Å²) in [5, 5.41) is 8.47. The van der Waals surface area contributed by atoms with E-state index in [1.54, 1.807) is 7.05 Å². The van der Waals surface area contributed by atoms with Gasteiger partial charge in [0.15, 0.2) is 0 Å². The van der Waals surface area contributed by atoms with Crippen molar-refractivity contribution in [3.8, 4) is 11.1 Å². The number of likely N-dealkylation sites (N-methyl/N-ethyl adjacent to an activating group) is 1. The third-order valence-corrected chi connectivity index (χ3v) is 9.22. The zero-order chi connectivity index (χ0) is 45.7. The Morgan fingerprint density at radius 2 is 0.781 bits per heavy atom. The molecule has 0 aliphatic heterocycles. The van der Waals surface area contributed by atoms with Crippen LogP contribution in [0.5, 0.6) is 0 Å². The van der Waals surface area contributed by atoms with E-state index < -0.39 is 24.1 Å². The first-order valence-corrected chi connectivity index (χ1v) is 21.7. The summed E-state index contributed by atoms with van der Waals surface area (Å²) in [6, 6.07) is 16.5. The van der Waals surface area contributed by atoms with E-state index in [9.17, 15) is 19.2 Å². The molecule has 0 heterocycles. The monoisotopic (exact) mass is 909 g/mol. The van der Waals surface area contributed by atoms with Crippen molar-refractivity contribution in [2.45, 2.75) is 18.8 Å². The van der Waals surface area contributed by atoms with Crippen molar-refractivity contribution in [2.24, 2.45) is 0 Å². The molecule has 2 aromatic rings. The summed E-state index contributed by atoms with van der Waals surface area (Å²) in [5.74, 6) is -3.22. The van der Waals surface area contributed by atoms with E-state index in [0.717, 1.165) is 0 Å². The van der Waals surface area contributed by atoms with Crippen molar-refractivity contribution in [2.75, 3.05) is 172 Å². The van der Waals surface area contributed by atoms with E-state index in [1.807, 2.05) is 24.3 Å². The van der Waals surface area contributed by atoms with Crippen LogP contribution in [0, 0.1) is 0 Å². The molecule has 360 valence electrons. The summed E-state index contributed by atoms with van der Waals surface area (Å²) in [5.41, 5.74) is 4.76. The van der Waals surface area contributed by atoms with Crippen molar-refractivity contribution < 1.29 is 85.9 Å². The number of rotatable bonds is 42. The Morgan fingerprint density at radius 1 is 0.453 bits per heavy atom. The van der Waals surface area contributed by atoms with E-state index in [4.69, 9.17) is 66.7 Å². The predicted octanol–water partition coefficient (Wildman–Crippen LogP) is 3.03. The third kappa shape index (κ3) is 24.8. The number of nitrogens with zero attached hydrogens (tertiary/aromatic N) is 1. The standard InChI is InChI=1S/C45H67NO18/c1-46(45(51)64-36-41-39-8-4-2-6-37(39)38-7-3-5-9-40(38)41)12-13-52-14-15-53-16-17-54-18-19-55-20-21-56-22-23-57-24-25-58-26-27-59-28-29-60-30-31-61-32-33-62-34-35-63-43(48)11-10-42(47)44(49)50/h2-9,41H,10-36H2,1H3,(H,49,50). The number of Topliss-reactive ketones (excluding diaryl/α,β-unsaturated/α-hetero) is 1. The van der Waals surface area contributed by atoms with E-state index in [-0.39, 0.29) is 38.3 Å². The van der Waals surface area contributed by atoms with E-state index in [2.05, 4.69) is 24.3 Å². The number of amides is 1. The van der Waals surface area contributed by atoms with Crippen molar-refractivity contribution in [1.29, 1.82) is 0 Å². The van der Waals surface area contributed by atoms with Crippen molar-refractivity contribution in [3.63, 3.8) is 0 Å². The molecular weight excluding hydrogens is 842 g/mol. The maximum Gasteiger partial charge on any atom is 0.409 e. The van der Waals surface area contributed by atoms with Gasteiger partial charge in [0.05, 0.1) is 152 Å². The number of hydrogen-bond donors (Lipinski definition) is 1. The second-order valence-electron chi connectivity index (χ2n) is 13.9. The second-order valence-corrected chi connectivity index (χ2v) is 13.9. The van der Waals surface area contributed by atoms with E-state index >= 15 is 0 Å². The van der Waals surface area contributed by atoms with Crippen molar-refractivity contribution in [3.05, 3.63) is 59.7 Å².